The fourth-order valence-corrected chi connectivity index (χ4v) is 18.5. The van der Waals surface area contributed by atoms with Gasteiger partial charge in [0.2, 0.25) is 0 Å². The summed E-state index contributed by atoms with van der Waals surface area (Å²) in [7, 11) is 0. The average Bonchev–Trinajstić information content (AvgIpc) is 1.65. The Morgan fingerprint density at radius 3 is 0.680 bits per heavy atom. The van der Waals surface area contributed by atoms with Crippen LogP contribution < -0.4 is 0 Å². The van der Waals surface area contributed by atoms with Gasteiger partial charge in [-0.25, -0.2) is 19.2 Å². The molecule has 16 rings (SSSR count). The lowest BCUT2D eigenvalue weighted by Gasteiger charge is -2.12. The SMILES string of the molecule is CCCCc1cc(O)c(Cn2cc(C[C@H](O)COC(=O)c3cccc(C)c3)c3cc(O)ccc32)c(O)c1.CCCCc1cc(O)c(Cn2cc(C[C@H](O)COC(=O)c3cccc(C)c3)c3cc(O)ccc32)c(O)c1.CCCCc1cc(O)c(Cn2cc(C[C@H](O)COC(=O)c3cccc(CC)c3)c3cc(O)ccc32)c(O)c1.CCCCc1cc(O)c(Cn2cc(C[C@H](O)COC(=O)c3cccc(CC)c3)c3cc(O)ccc32)c(O)c1. The van der Waals surface area contributed by atoms with E-state index in [1.165, 1.54) is 0 Å². The number of hydrogen-bond acceptors (Lipinski definition) is 24. The standard InChI is InChI=1S/2C31H35NO6.2C30H33NO6/c2*1-3-5-7-21-13-29(35)27(30(36)14-21)18-32-17-23(26-16-24(33)10-11-28(26)32)15-25(34)19-38-31(37)22-9-6-8-20(4-2)12-22;2*1-3-4-7-20-12-28(34)26(29(35)13-20)17-31-16-22(25-15-23(32)9-10-27(25)31)14-24(33)18-37-30(36)21-8-5-6-19(2)11-21/h2*6,8-14,16-17,25,33-36H,3-5,7,15,18-19H2,1-2H3;2*5-6,8-13,15-16,24,32-35H,3-4,7,14,17-18H2,1-2H3/t2*25-;2*24-/m0000/s1. The molecule has 0 radical (unpaired) electrons. The summed E-state index contributed by atoms with van der Waals surface area (Å²) in [5, 5.41) is 171. The van der Waals surface area contributed by atoms with Crippen LogP contribution >= 0.6 is 0 Å². The monoisotopic (exact) mass is 2040 g/mol. The first kappa shape index (κ1) is 111. The number of esters is 4. The molecule has 0 spiro atoms. The number of carbonyl (C=O) groups excluding carboxylic acids is 4. The summed E-state index contributed by atoms with van der Waals surface area (Å²) in [5.74, 6) is -1.47. The van der Waals surface area contributed by atoms with E-state index in [4.69, 9.17) is 18.9 Å². The van der Waals surface area contributed by atoms with E-state index >= 15 is 0 Å². The minimum absolute atomic E-state index is 0.0244. The molecule has 4 atom stereocenters. The minimum atomic E-state index is -0.964. The second-order valence-corrected chi connectivity index (χ2v) is 38.5. The first-order valence-electron chi connectivity index (χ1n) is 51.2. The van der Waals surface area contributed by atoms with Crippen molar-refractivity contribution in [3.63, 3.8) is 0 Å². The van der Waals surface area contributed by atoms with Crippen LogP contribution in [0.3, 0.4) is 0 Å². The summed E-state index contributed by atoms with van der Waals surface area (Å²) in [4.78, 5) is 49.6. The maximum Gasteiger partial charge on any atom is 0.338 e. The Balaban J connectivity index is 0.000000167. The molecule has 0 aliphatic heterocycles. The maximum absolute atomic E-state index is 12.5. The van der Waals surface area contributed by atoms with E-state index in [2.05, 4.69) is 27.7 Å². The molecular weight excluding hydrogens is 1910 g/mol. The van der Waals surface area contributed by atoms with E-state index in [0.29, 0.717) is 44.5 Å². The van der Waals surface area contributed by atoms with Crippen LogP contribution in [0.25, 0.3) is 43.6 Å². The summed E-state index contributed by atoms with van der Waals surface area (Å²) >= 11 is 0. The topological polar surface area (TPSA) is 449 Å². The molecular formula is C122H136N4O24. The van der Waals surface area contributed by atoms with Gasteiger partial charge in [0, 0.05) is 94.1 Å². The molecule has 0 aliphatic rings. The molecule has 0 amide bonds. The molecule has 4 heterocycles. The molecule has 0 fully saturated rings. The Bertz CT molecular complexity index is 6860. The summed E-state index contributed by atoms with van der Waals surface area (Å²) in [6.07, 6.45) is 16.8. The van der Waals surface area contributed by atoms with E-state index < -0.39 is 48.3 Å². The van der Waals surface area contributed by atoms with Gasteiger partial charge in [-0.15, -0.1) is 0 Å². The Morgan fingerprint density at radius 1 is 0.260 bits per heavy atom. The average molecular weight is 2040 g/mol. The van der Waals surface area contributed by atoms with Crippen molar-refractivity contribution in [2.75, 3.05) is 26.4 Å². The van der Waals surface area contributed by atoms with Crippen molar-refractivity contribution < 1.29 is 120 Å². The van der Waals surface area contributed by atoms with Crippen LogP contribution in [0.4, 0.5) is 0 Å². The number of fused-ring (bicyclic) bond motifs is 4. The fraction of sp³-hybridized carbons (Fsp3) is 0.311. The predicted octanol–water partition coefficient (Wildman–Crippen LogP) is 21.4. The van der Waals surface area contributed by atoms with Gasteiger partial charge in [-0.3, -0.25) is 0 Å². The van der Waals surface area contributed by atoms with E-state index in [1.807, 2.05) is 107 Å². The van der Waals surface area contributed by atoms with Crippen molar-refractivity contribution in [3.05, 3.63) is 354 Å². The largest absolute Gasteiger partial charge is 0.508 e. The molecule has 16 aromatic rings. The lowest BCUT2D eigenvalue weighted by molar-refractivity contribution is 0.0256. The highest BCUT2D eigenvalue weighted by Crippen LogP contribution is 2.41. The smallest absolute Gasteiger partial charge is 0.338 e. The number of aromatic hydroxyl groups is 12. The van der Waals surface area contributed by atoms with Gasteiger partial charge in [0.05, 0.1) is 95.1 Å². The third-order valence-corrected chi connectivity index (χ3v) is 26.5. The van der Waals surface area contributed by atoms with E-state index in [0.717, 1.165) is 200 Å². The number of phenols is 12. The number of rotatable bonds is 42. The van der Waals surface area contributed by atoms with E-state index in [9.17, 15) is 101 Å². The number of phenolic OH excluding ortho intramolecular Hbond substituents is 12. The summed E-state index contributed by atoms with van der Waals surface area (Å²) in [6, 6.07) is 61.8. The summed E-state index contributed by atoms with van der Waals surface area (Å²) in [6.45, 7) is 16.2. The first-order valence-corrected chi connectivity index (χ1v) is 51.2. The van der Waals surface area contributed by atoms with E-state index in [-0.39, 0.29) is 147 Å². The van der Waals surface area contributed by atoms with Gasteiger partial charge in [0.15, 0.2) is 0 Å². The van der Waals surface area contributed by atoms with Crippen LogP contribution in [0.1, 0.15) is 223 Å². The number of benzene rings is 12. The van der Waals surface area contributed by atoms with Crippen LogP contribution in [-0.4, -0.2) is 175 Å². The van der Waals surface area contributed by atoms with Crippen LogP contribution in [0, 0.1) is 13.8 Å². The molecule has 28 nitrogen and oxygen atoms in total. The van der Waals surface area contributed by atoms with Crippen molar-refractivity contribution >= 4 is 67.5 Å². The Morgan fingerprint density at radius 2 is 0.473 bits per heavy atom. The molecule has 0 saturated carbocycles. The Hall–Kier alpha value is -15.9. The number of aryl methyl sites for hydroxylation is 8. The molecule has 12 aromatic carbocycles. The zero-order valence-electron chi connectivity index (χ0n) is 86.0. The third-order valence-electron chi connectivity index (χ3n) is 26.5. The zero-order valence-corrected chi connectivity index (χ0v) is 86.0. The number of aliphatic hydroxyl groups excluding tert-OH is 4. The van der Waals surface area contributed by atoms with Gasteiger partial charge in [0.25, 0.3) is 0 Å². The van der Waals surface area contributed by atoms with Crippen molar-refractivity contribution in [1.29, 1.82) is 0 Å². The van der Waals surface area contributed by atoms with Crippen LogP contribution in [0.2, 0.25) is 0 Å². The van der Waals surface area contributed by atoms with E-state index in [1.54, 1.807) is 182 Å². The first-order chi connectivity index (χ1) is 72.1. The number of hydrogen-bond donors (Lipinski definition) is 16. The highest BCUT2D eigenvalue weighted by molar-refractivity contribution is 5.93. The summed E-state index contributed by atoms with van der Waals surface area (Å²) < 4.78 is 28.8. The molecule has 0 unspecified atom stereocenters. The fourth-order valence-electron chi connectivity index (χ4n) is 18.5. The van der Waals surface area contributed by atoms with Crippen molar-refractivity contribution in [3.8, 4) is 69.0 Å². The van der Waals surface area contributed by atoms with Crippen molar-refractivity contribution in [1.82, 2.24) is 18.3 Å². The quantitative estimate of drug-likeness (QED) is 0.0125. The summed E-state index contributed by atoms with van der Waals surface area (Å²) in [5.41, 5.74) is 16.8. The van der Waals surface area contributed by atoms with Gasteiger partial charge in [0.1, 0.15) is 95.4 Å². The molecule has 0 bridgehead atoms. The lowest BCUT2D eigenvalue weighted by atomic mass is 10.0. The maximum atomic E-state index is 12.5. The lowest BCUT2D eigenvalue weighted by Crippen LogP contribution is -2.21. The normalized spacial score (nSPS) is 12.1. The predicted molar refractivity (Wildman–Crippen MR) is 578 cm³/mol. The molecule has 788 valence electrons. The highest BCUT2D eigenvalue weighted by Gasteiger charge is 2.27. The molecule has 150 heavy (non-hydrogen) atoms. The van der Waals surface area contributed by atoms with Crippen molar-refractivity contribution in [2.24, 2.45) is 0 Å². The second kappa shape index (κ2) is 52.6. The highest BCUT2D eigenvalue weighted by atomic mass is 16.6. The van der Waals surface area contributed by atoms with Gasteiger partial charge in [-0.05, 0) is 304 Å². The Kier molecular flexibility index (Phi) is 39.1. The van der Waals surface area contributed by atoms with Gasteiger partial charge < -0.3 is 119 Å². The third kappa shape index (κ3) is 29.8. The number of carbonyl (C=O) groups is 4. The van der Waals surface area contributed by atoms with Crippen LogP contribution in [0.5, 0.6) is 69.0 Å². The number of unbranched alkanes of at least 4 members (excludes halogenated alkanes) is 4. The number of ether oxygens (including phenoxy) is 4. The van der Waals surface area contributed by atoms with Crippen LogP contribution in [0.15, 0.2) is 243 Å². The van der Waals surface area contributed by atoms with Gasteiger partial charge in [-0.2, -0.15) is 0 Å². The van der Waals surface area contributed by atoms with Crippen LogP contribution in [-0.2, 0) is 109 Å². The number of aromatic nitrogens is 4. The minimum Gasteiger partial charge on any atom is -0.508 e. The number of nitrogens with zero attached hydrogens (tertiary/aromatic N) is 4. The zero-order chi connectivity index (χ0) is 108. The molecule has 0 aliphatic carbocycles. The van der Waals surface area contributed by atoms with Crippen molar-refractivity contribution in [2.45, 2.75) is 222 Å². The van der Waals surface area contributed by atoms with Gasteiger partial charge >= 0.3 is 23.9 Å². The Labute approximate surface area is 872 Å². The molecule has 4 aromatic heterocycles. The second-order valence-electron chi connectivity index (χ2n) is 38.5. The van der Waals surface area contributed by atoms with Gasteiger partial charge in [-0.1, -0.05) is 127 Å². The molecule has 16 N–H and O–H groups in total. The number of aliphatic hydroxyl groups is 4. The molecule has 28 heteroatoms. The molecule has 0 saturated heterocycles.